The molecule has 2 rings (SSSR count). The van der Waals surface area contributed by atoms with Crippen LogP contribution in [0.3, 0.4) is 0 Å². The molecule has 34 heavy (non-hydrogen) atoms. The molecule has 0 saturated carbocycles. The van der Waals surface area contributed by atoms with Crippen LogP contribution in [-0.2, 0) is 16.0 Å². The van der Waals surface area contributed by atoms with Crippen LogP contribution in [0.4, 0.5) is 0 Å². The van der Waals surface area contributed by atoms with Crippen LogP contribution in [0, 0.1) is 0 Å². The summed E-state index contributed by atoms with van der Waals surface area (Å²) in [6.45, 7) is -0.333. The molecule has 6 N–H and O–H groups in total. The number of amidine groups is 1. The summed E-state index contributed by atoms with van der Waals surface area (Å²) in [4.78, 5) is 48.5. The number of carbonyl (C=O) groups is 4. The van der Waals surface area contributed by atoms with Gasteiger partial charge in [-0.25, -0.2) is 4.79 Å². The normalized spacial score (nSPS) is 12.0. The van der Waals surface area contributed by atoms with E-state index in [0.717, 1.165) is 0 Å². The zero-order valence-electron chi connectivity index (χ0n) is 17.8. The maximum absolute atomic E-state index is 12.4. The molecular formula is C22H22Cl2N4O6. The van der Waals surface area contributed by atoms with Crippen molar-refractivity contribution >= 4 is 52.6 Å². The first-order chi connectivity index (χ1) is 16.1. The number of oxime groups is 1. The number of rotatable bonds is 11. The van der Waals surface area contributed by atoms with Crippen molar-refractivity contribution in [2.45, 2.75) is 25.3 Å². The van der Waals surface area contributed by atoms with Crippen molar-refractivity contribution in [3.8, 4) is 0 Å². The van der Waals surface area contributed by atoms with Gasteiger partial charge in [-0.3, -0.25) is 14.4 Å². The highest BCUT2D eigenvalue weighted by Crippen LogP contribution is 2.24. The molecule has 180 valence electrons. The third kappa shape index (κ3) is 7.75. The first-order valence-electron chi connectivity index (χ1n) is 9.95. The predicted molar refractivity (Wildman–Crippen MR) is 125 cm³/mol. The van der Waals surface area contributed by atoms with E-state index in [1.165, 1.54) is 30.3 Å². The van der Waals surface area contributed by atoms with Gasteiger partial charge in [0.15, 0.2) is 5.78 Å². The number of hydrogen-bond acceptors (Lipinski definition) is 6. The summed E-state index contributed by atoms with van der Waals surface area (Å²) in [5, 5.41) is 25.8. The highest BCUT2D eigenvalue weighted by atomic mass is 35.5. The van der Waals surface area contributed by atoms with E-state index in [1.807, 2.05) is 0 Å². The molecule has 2 aromatic rings. The number of amides is 2. The number of carbonyl (C=O) groups excluding carboxylic acids is 3. The van der Waals surface area contributed by atoms with Gasteiger partial charge in [-0.15, -0.1) is 0 Å². The Balaban J connectivity index is 1.90. The van der Waals surface area contributed by atoms with E-state index in [4.69, 9.17) is 34.1 Å². The molecule has 0 unspecified atom stereocenters. The van der Waals surface area contributed by atoms with Crippen LogP contribution in [0.5, 0.6) is 0 Å². The number of hydrogen-bond donors (Lipinski definition) is 5. The highest BCUT2D eigenvalue weighted by molar-refractivity contribution is 6.39. The standard InChI is InChI=1S/C22H22Cl2N4O6/c23-15-5-2-6-16(24)19(15)21(31)27-17(22(32)33)8-7-14(29)11-26-20(30)13-4-1-3-12(9-13)10-18(25)28-34/h1-6,9,17,34H,7-8,10-11H2,(H2,25,28)(H,26,30)(H,27,31)(H,32,33)/t17-/m0/s1. The number of nitrogens with two attached hydrogens (primary N) is 1. The van der Waals surface area contributed by atoms with Crippen LogP contribution >= 0.6 is 23.2 Å². The van der Waals surface area contributed by atoms with E-state index in [0.29, 0.717) is 5.56 Å². The Morgan fingerprint density at radius 2 is 1.68 bits per heavy atom. The number of nitrogens with zero attached hydrogens (tertiary/aromatic N) is 1. The second kappa shape index (κ2) is 12.6. The third-order valence-electron chi connectivity index (χ3n) is 4.65. The van der Waals surface area contributed by atoms with Crippen LogP contribution in [0.1, 0.15) is 39.1 Å². The average Bonchev–Trinajstić information content (AvgIpc) is 2.79. The zero-order valence-corrected chi connectivity index (χ0v) is 19.3. The van der Waals surface area contributed by atoms with Crippen molar-refractivity contribution in [1.29, 1.82) is 0 Å². The molecule has 2 amide bonds. The lowest BCUT2D eigenvalue weighted by molar-refractivity contribution is -0.139. The topological polar surface area (TPSA) is 171 Å². The summed E-state index contributed by atoms with van der Waals surface area (Å²) < 4.78 is 0. The average molecular weight is 509 g/mol. The highest BCUT2D eigenvalue weighted by Gasteiger charge is 2.24. The van der Waals surface area contributed by atoms with Crippen molar-refractivity contribution in [2.24, 2.45) is 10.9 Å². The Bertz CT molecular complexity index is 1100. The minimum absolute atomic E-state index is 0.0235. The molecule has 0 aromatic heterocycles. The van der Waals surface area contributed by atoms with Gasteiger partial charge in [0.05, 0.1) is 22.2 Å². The first kappa shape index (κ1) is 26.6. The number of Topliss-reactive ketones (excluding diaryl/α,β-unsaturated/α-hetero) is 1. The summed E-state index contributed by atoms with van der Waals surface area (Å²) in [5.41, 5.74) is 6.29. The largest absolute Gasteiger partial charge is 0.480 e. The summed E-state index contributed by atoms with van der Waals surface area (Å²) >= 11 is 11.9. The van der Waals surface area contributed by atoms with Gasteiger partial charge in [0.25, 0.3) is 11.8 Å². The third-order valence-corrected chi connectivity index (χ3v) is 5.28. The molecule has 0 spiro atoms. The summed E-state index contributed by atoms with van der Waals surface area (Å²) in [6.07, 6.45) is -0.275. The maximum atomic E-state index is 12.4. The van der Waals surface area contributed by atoms with Gasteiger partial charge in [-0.05, 0) is 36.2 Å². The SMILES string of the molecule is N/C(Cc1cccc(C(=O)NCC(=O)CC[C@H](NC(=O)c2c(Cl)cccc2Cl)C(=O)O)c1)=N\O. The molecule has 0 bridgehead atoms. The Labute approximate surface area is 204 Å². The van der Waals surface area contributed by atoms with Crippen LogP contribution in [0.25, 0.3) is 0 Å². The Hall–Kier alpha value is -3.63. The molecule has 0 aliphatic rings. The van der Waals surface area contributed by atoms with Gasteiger partial charge in [0.1, 0.15) is 11.9 Å². The molecule has 0 aliphatic carbocycles. The van der Waals surface area contributed by atoms with Crippen molar-refractivity contribution in [3.63, 3.8) is 0 Å². The van der Waals surface area contributed by atoms with Gasteiger partial charge in [0, 0.05) is 18.4 Å². The van der Waals surface area contributed by atoms with Gasteiger partial charge in [-0.2, -0.15) is 0 Å². The van der Waals surface area contributed by atoms with Crippen LogP contribution in [-0.4, -0.2) is 52.3 Å². The van der Waals surface area contributed by atoms with E-state index < -0.39 is 29.6 Å². The number of aliphatic carboxylic acids is 1. The van der Waals surface area contributed by atoms with Crippen molar-refractivity contribution in [2.75, 3.05) is 6.54 Å². The molecule has 0 saturated heterocycles. The lowest BCUT2D eigenvalue weighted by Gasteiger charge is -2.15. The lowest BCUT2D eigenvalue weighted by Crippen LogP contribution is -2.41. The quantitative estimate of drug-likeness (QED) is 0.134. The zero-order chi connectivity index (χ0) is 25.3. The van der Waals surface area contributed by atoms with Gasteiger partial charge >= 0.3 is 5.97 Å². The molecule has 2 aromatic carbocycles. The fourth-order valence-corrected chi connectivity index (χ4v) is 3.51. The molecule has 0 radical (unpaired) electrons. The number of benzene rings is 2. The smallest absolute Gasteiger partial charge is 0.326 e. The molecule has 0 fully saturated rings. The van der Waals surface area contributed by atoms with Crippen molar-refractivity contribution in [3.05, 3.63) is 69.2 Å². The number of halogens is 2. The predicted octanol–water partition coefficient (Wildman–Crippen LogP) is 2.24. The summed E-state index contributed by atoms with van der Waals surface area (Å²) in [6, 6.07) is 9.43. The molecular weight excluding hydrogens is 487 g/mol. The minimum Gasteiger partial charge on any atom is -0.480 e. The van der Waals surface area contributed by atoms with E-state index in [1.54, 1.807) is 12.1 Å². The second-order valence-electron chi connectivity index (χ2n) is 7.19. The van der Waals surface area contributed by atoms with Crippen molar-refractivity contribution in [1.82, 2.24) is 10.6 Å². The maximum Gasteiger partial charge on any atom is 0.326 e. The molecule has 0 heterocycles. The minimum atomic E-state index is -1.37. The van der Waals surface area contributed by atoms with Crippen LogP contribution in [0.15, 0.2) is 47.6 Å². The number of carboxylic acids is 1. The van der Waals surface area contributed by atoms with Crippen LogP contribution in [0.2, 0.25) is 10.0 Å². The lowest BCUT2D eigenvalue weighted by atomic mass is 10.1. The van der Waals surface area contributed by atoms with Gasteiger partial charge in [0.2, 0.25) is 0 Å². The van der Waals surface area contributed by atoms with Gasteiger partial charge < -0.3 is 26.7 Å². The molecule has 1 atom stereocenters. The van der Waals surface area contributed by atoms with Gasteiger partial charge in [-0.1, -0.05) is 46.6 Å². The monoisotopic (exact) mass is 508 g/mol. The molecule has 0 aliphatic heterocycles. The summed E-state index contributed by atoms with van der Waals surface area (Å²) in [7, 11) is 0. The summed E-state index contributed by atoms with van der Waals surface area (Å²) in [5.74, 6) is -3.10. The number of carboxylic acid groups (broad SMARTS) is 1. The van der Waals surface area contributed by atoms with E-state index in [9.17, 15) is 24.3 Å². The first-order valence-corrected chi connectivity index (χ1v) is 10.7. The number of ketones is 1. The van der Waals surface area contributed by atoms with E-state index >= 15 is 0 Å². The fraction of sp³-hybridized carbons (Fsp3) is 0.227. The second-order valence-corrected chi connectivity index (χ2v) is 8.00. The Morgan fingerprint density at radius 3 is 2.29 bits per heavy atom. The number of nitrogens with one attached hydrogen (secondary N) is 2. The molecule has 10 nitrogen and oxygen atoms in total. The fourth-order valence-electron chi connectivity index (χ4n) is 2.94. The molecule has 12 heteroatoms. The van der Waals surface area contributed by atoms with Crippen LogP contribution < -0.4 is 16.4 Å². The van der Waals surface area contributed by atoms with E-state index in [2.05, 4.69) is 15.8 Å². The Morgan fingerprint density at radius 1 is 1.03 bits per heavy atom. The Kier molecular flexibility index (Phi) is 9.84. The van der Waals surface area contributed by atoms with Crippen molar-refractivity contribution < 1.29 is 29.5 Å². The van der Waals surface area contributed by atoms with E-state index in [-0.39, 0.29) is 52.8 Å².